The fourth-order valence-electron chi connectivity index (χ4n) is 3.39. The lowest BCUT2D eigenvalue weighted by molar-refractivity contribution is -0.164. The lowest BCUT2D eigenvalue weighted by Gasteiger charge is -2.34. The largest absolute Gasteiger partial charge is 0.387 e. The summed E-state index contributed by atoms with van der Waals surface area (Å²) < 4.78 is 18.7. The van der Waals surface area contributed by atoms with Crippen LogP contribution in [-0.2, 0) is 14.2 Å². The van der Waals surface area contributed by atoms with Crippen LogP contribution in [0.1, 0.15) is 33.1 Å². The molecule has 0 aromatic heterocycles. The topological polar surface area (TPSA) is 47.9 Å². The third kappa shape index (κ3) is 2.04. The molecule has 0 amide bonds. The zero-order valence-electron chi connectivity index (χ0n) is 10.2. The van der Waals surface area contributed by atoms with Crippen LogP contribution >= 0.6 is 22.6 Å². The SMILES string of the molecule is CC1(C)OC2[C@@H]3C[C@@](O)(C[C@H]2O1)[C@H](CCI)O3. The molecule has 1 saturated carbocycles. The standard InChI is InChI=1S/C12H19IO4/c1-11(2)16-8-6-12(14)5-7(10(8)17-11)15-9(12)3-4-13/h7-10,14H,3-6H2,1-2H3/t7-,8+,9-,10?,12+/m0/s1. The number of aliphatic hydroxyl groups is 1. The summed E-state index contributed by atoms with van der Waals surface area (Å²) in [4.78, 5) is 0. The maximum atomic E-state index is 10.7. The van der Waals surface area contributed by atoms with Crippen LogP contribution in [0.5, 0.6) is 0 Å². The van der Waals surface area contributed by atoms with E-state index < -0.39 is 11.4 Å². The van der Waals surface area contributed by atoms with Crippen molar-refractivity contribution < 1.29 is 19.3 Å². The number of ether oxygens (including phenoxy) is 3. The van der Waals surface area contributed by atoms with Gasteiger partial charge in [-0.3, -0.25) is 0 Å². The third-order valence-corrected chi connectivity index (χ3v) is 4.63. The molecule has 3 fully saturated rings. The van der Waals surface area contributed by atoms with Gasteiger partial charge in [0.1, 0.15) is 6.10 Å². The highest BCUT2D eigenvalue weighted by Crippen LogP contribution is 2.49. The molecule has 1 aliphatic carbocycles. The molecule has 2 aliphatic heterocycles. The zero-order valence-corrected chi connectivity index (χ0v) is 12.3. The Hall–Kier alpha value is 0.570. The monoisotopic (exact) mass is 354 g/mol. The summed E-state index contributed by atoms with van der Waals surface area (Å²) >= 11 is 2.32. The van der Waals surface area contributed by atoms with E-state index in [1.165, 1.54) is 0 Å². The van der Waals surface area contributed by atoms with Gasteiger partial charge in [0.2, 0.25) is 0 Å². The van der Waals surface area contributed by atoms with Crippen LogP contribution in [0.25, 0.3) is 0 Å². The Kier molecular flexibility index (Phi) is 2.99. The summed E-state index contributed by atoms with van der Waals surface area (Å²) in [5, 5.41) is 10.7. The second kappa shape index (κ2) is 4.03. The molecule has 2 bridgehead atoms. The van der Waals surface area contributed by atoms with Gasteiger partial charge in [0, 0.05) is 17.3 Å². The van der Waals surface area contributed by atoms with Gasteiger partial charge in [-0.15, -0.1) is 0 Å². The summed E-state index contributed by atoms with van der Waals surface area (Å²) in [6.07, 6.45) is 2.14. The molecule has 1 unspecified atom stereocenters. The van der Waals surface area contributed by atoms with E-state index in [0.717, 1.165) is 10.8 Å². The van der Waals surface area contributed by atoms with Gasteiger partial charge >= 0.3 is 0 Å². The van der Waals surface area contributed by atoms with Crippen molar-refractivity contribution in [3.8, 4) is 0 Å². The highest BCUT2D eigenvalue weighted by molar-refractivity contribution is 14.1. The second-order valence-electron chi connectivity index (χ2n) is 5.79. The van der Waals surface area contributed by atoms with Gasteiger partial charge in [-0.05, 0) is 20.3 Å². The summed E-state index contributed by atoms with van der Waals surface area (Å²) in [7, 11) is 0. The lowest BCUT2D eigenvalue weighted by Crippen LogP contribution is -2.48. The second-order valence-corrected chi connectivity index (χ2v) is 6.87. The molecule has 2 saturated heterocycles. The number of rotatable bonds is 2. The summed E-state index contributed by atoms with van der Waals surface area (Å²) in [6, 6.07) is 0. The van der Waals surface area contributed by atoms with Crippen LogP contribution in [0.3, 0.4) is 0 Å². The Balaban J connectivity index is 1.80. The fraction of sp³-hybridized carbons (Fsp3) is 1.00. The summed E-state index contributed by atoms with van der Waals surface area (Å²) in [5.74, 6) is -0.543. The van der Waals surface area contributed by atoms with E-state index >= 15 is 0 Å². The van der Waals surface area contributed by atoms with E-state index in [1.54, 1.807) is 0 Å². The molecule has 1 N–H and O–H groups in total. The molecule has 3 rings (SSSR count). The highest BCUT2D eigenvalue weighted by Gasteiger charge is 2.61. The first-order valence-corrected chi connectivity index (χ1v) is 7.75. The normalized spacial score (nSPS) is 51.5. The Morgan fingerprint density at radius 3 is 2.65 bits per heavy atom. The summed E-state index contributed by atoms with van der Waals surface area (Å²) in [5.41, 5.74) is -0.708. The highest BCUT2D eigenvalue weighted by atomic mass is 127. The molecule has 0 aromatic rings. The van der Waals surface area contributed by atoms with Crippen molar-refractivity contribution in [2.45, 2.75) is 68.9 Å². The first-order valence-electron chi connectivity index (χ1n) is 6.23. The molecular weight excluding hydrogens is 335 g/mol. The van der Waals surface area contributed by atoms with Crippen LogP contribution in [-0.4, -0.2) is 45.3 Å². The molecule has 0 aromatic carbocycles. The first kappa shape index (κ1) is 12.6. The molecule has 17 heavy (non-hydrogen) atoms. The van der Waals surface area contributed by atoms with Gasteiger partial charge in [0.25, 0.3) is 0 Å². The van der Waals surface area contributed by atoms with Gasteiger partial charge < -0.3 is 19.3 Å². The van der Waals surface area contributed by atoms with Gasteiger partial charge in [0.05, 0.1) is 23.9 Å². The van der Waals surface area contributed by atoms with Crippen LogP contribution < -0.4 is 0 Å². The van der Waals surface area contributed by atoms with Crippen molar-refractivity contribution in [1.29, 1.82) is 0 Å². The number of hydrogen-bond acceptors (Lipinski definition) is 4. The van der Waals surface area contributed by atoms with Crippen molar-refractivity contribution in [3.63, 3.8) is 0 Å². The molecule has 4 nitrogen and oxygen atoms in total. The van der Waals surface area contributed by atoms with Crippen LogP contribution in [0.15, 0.2) is 0 Å². The molecule has 98 valence electrons. The lowest BCUT2D eigenvalue weighted by atomic mass is 9.79. The maximum absolute atomic E-state index is 10.7. The van der Waals surface area contributed by atoms with Gasteiger partial charge in [-0.1, -0.05) is 22.6 Å². The van der Waals surface area contributed by atoms with Gasteiger partial charge in [-0.2, -0.15) is 0 Å². The van der Waals surface area contributed by atoms with Crippen molar-refractivity contribution in [3.05, 3.63) is 0 Å². The van der Waals surface area contributed by atoms with Crippen molar-refractivity contribution in [2.24, 2.45) is 0 Å². The van der Waals surface area contributed by atoms with Gasteiger partial charge in [0.15, 0.2) is 5.79 Å². The molecule has 2 heterocycles. The van der Waals surface area contributed by atoms with E-state index in [-0.39, 0.29) is 24.4 Å². The molecule has 0 spiro atoms. The Bertz CT molecular complexity index is 322. The predicted octanol–water partition coefficient (Wildman–Crippen LogP) is 1.62. The Morgan fingerprint density at radius 2 is 1.94 bits per heavy atom. The van der Waals surface area contributed by atoms with Gasteiger partial charge in [-0.25, -0.2) is 0 Å². The fourth-order valence-corrected chi connectivity index (χ4v) is 3.96. The van der Waals surface area contributed by atoms with Crippen molar-refractivity contribution in [1.82, 2.24) is 0 Å². The van der Waals surface area contributed by atoms with Crippen LogP contribution in [0, 0.1) is 0 Å². The average molecular weight is 354 g/mol. The molecule has 5 atom stereocenters. The number of alkyl halides is 1. The smallest absolute Gasteiger partial charge is 0.163 e. The molecule has 5 heteroatoms. The van der Waals surface area contributed by atoms with E-state index in [4.69, 9.17) is 14.2 Å². The van der Waals surface area contributed by atoms with Crippen molar-refractivity contribution in [2.75, 3.05) is 4.43 Å². The Morgan fingerprint density at radius 1 is 1.24 bits per heavy atom. The third-order valence-electron chi connectivity index (χ3n) is 4.01. The average Bonchev–Trinajstić information content (AvgIpc) is 2.64. The number of halogens is 1. The maximum Gasteiger partial charge on any atom is 0.163 e. The van der Waals surface area contributed by atoms with Crippen LogP contribution in [0.4, 0.5) is 0 Å². The van der Waals surface area contributed by atoms with E-state index in [0.29, 0.717) is 12.8 Å². The quantitative estimate of drug-likeness (QED) is 0.605. The number of fused-ring (bicyclic) bond motifs is 4. The van der Waals surface area contributed by atoms with E-state index in [1.807, 2.05) is 13.8 Å². The van der Waals surface area contributed by atoms with Crippen molar-refractivity contribution >= 4 is 22.6 Å². The van der Waals surface area contributed by atoms with E-state index in [2.05, 4.69) is 22.6 Å². The first-order chi connectivity index (χ1) is 7.93. The Labute approximate surface area is 115 Å². The minimum atomic E-state index is -0.708. The molecular formula is C12H19IO4. The summed E-state index contributed by atoms with van der Waals surface area (Å²) in [6.45, 7) is 3.84. The minimum Gasteiger partial charge on any atom is -0.387 e. The predicted molar refractivity (Wildman–Crippen MR) is 70.2 cm³/mol. The number of hydrogen-bond donors (Lipinski definition) is 1. The molecule has 0 radical (unpaired) electrons. The van der Waals surface area contributed by atoms with E-state index in [9.17, 15) is 5.11 Å². The van der Waals surface area contributed by atoms with Crippen LogP contribution in [0.2, 0.25) is 0 Å². The molecule has 3 aliphatic rings. The minimum absolute atomic E-state index is 0.00604. The zero-order chi connectivity index (χ0) is 12.3.